The van der Waals surface area contributed by atoms with E-state index in [1.54, 1.807) is 12.1 Å². The number of rotatable bonds is 5. The maximum atomic E-state index is 12.6. The summed E-state index contributed by atoms with van der Waals surface area (Å²) >= 11 is 1.52. The summed E-state index contributed by atoms with van der Waals surface area (Å²) in [5, 5.41) is 5.26. The van der Waals surface area contributed by atoms with Gasteiger partial charge in [-0.05, 0) is 48.4 Å². The third-order valence-corrected chi connectivity index (χ3v) is 5.62. The molecule has 1 fully saturated rings. The number of hydrogen-bond donors (Lipinski definition) is 2. The van der Waals surface area contributed by atoms with Crippen molar-refractivity contribution in [2.45, 2.75) is 6.92 Å². The number of carbonyl (C=O) groups is 3. The lowest BCUT2D eigenvalue weighted by molar-refractivity contribution is -0.127. The van der Waals surface area contributed by atoms with Gasteiger partial charge in [0.2, 0.25) is 5.91 Å². The molecule has 1 aliphatic heterocycles. The number of benzene rings is 2. The second kappa shape index (κ2) is 8.34. The molecule has 2 heterocycles. The van der Waals surface area contributed by atoms with Gasteiger partial charge in [-0.15, -0.1) is 11.3 Å². The first kappa shape index (κ1) is 19.6. The van der Waals surface area contributed by atoms with Crippen LogP contribution in [0.5, 0.6) is 0 Å². The van der Waals surface area contributed by atoms with Crippen molar-refractivity contribution in [1.82, 2.24) is 10.2 Å². The molecular weight excluding hydrogens is 398 g/mol. The van der Waals surface area contributed by atoms with E-state index in [1.165, 1.54) is 11.3 Å². The van der Waals surface area contributed by atoms with Crippen LogP contribution in [-0.2, 0) is 9.59 Å². The Kier molecular flexibility index (Phi) is 5.45. The van der Waals surface area contributed by atoms with Gasteiger partial charge in [-0.2, -0.15) is 0 Å². The molecule has 6 nitrogen and oxygen atoms in total. The van der Waals surface area contributed by atoms with Crippen molar-refractivity contribution < 1.29 is 14.4 Å². The summed E-state index contributed by atoms with van der Waals surface area (Å²) < 4.78 is 0. The average Bonchev–Trinajstić information content (AvgIpc) is 3.29. The Bertz CT molecular complexity index is 1150. The number of aryl methyl sites for hydroxylation is 1. The molecule has 1 aromatic heterocycles. The van der Waals surface area contributed by atoms with Gasteiger partial charge in [0.15, 0.2) is 0 Å². The molecule has 0 unspecified atom stereocenters. The molecule has 0 aliphatic carbocycles. The quantitative estimate of drug-likeness (QED) is 0.481. The van der Waals surface area contributed by atoms with Crippen molar-refractivity contribution in [2.75, 3.05) is 11.9 Å². The van der Waals surface area contributed by atoms with E-state index in [4.69, 9.17) is 0 Å². The van der Waals surface area contributed by atoms with E-state index in [-0.39, 0.29) is 12.2 Å². The Morgan fingerprint density at radius 2 is 1.87 bits per heavy atom. The van der Waals surface area contributed by atoms with E-state index in [0.717, 1.165) is 25.8 Å². The minimum Gasteiger partial charge on any atom is -0.325 e. The molecule has 150 valence electrons. The van der Waals surface area contributed by atoms with Crippen LogP contribution in [0.1, 0.15) is 10.4 Å². The van der Waals surface area contributed by atoms with Crippen LogP contribution >= 0.6 is 11.3 Å². The molecule has 0 bridgehead atoms. The van der Waals surface area contributed by atoms with Crippen LogP contribution in [0.4, 0.5) is 10.5 Å². The number of amides is 4. The Labute approximate surface area is 177 Å². The highest BCUT2D eigenvalue weighted by Gasteiger charge is 2.35. The molecule has 0 saturated carbocycles. The zero-order valence-electron chi connectivity index (χ0n) is 16.2. The number of hydrogen-bond acceptors (Lipinski definition) is 4. The highest BCUT2D eigenvalue weighted by atomic mass is 32.1. The largest absolute Gasteiger partial charge is 0.329 e. The summed E-state index contributed by atoms with van der Waals surface area (Å²) in [6.07, 6.45) is 1.63. The summed E-state index contributed by atoms with van der Waals surface area (Å²) in [5.41, 5.74) is 2.86. The average molecular weight is 417 g/mol. The zero-order chi connectivity index (χ0) is 21.1. The molecule has 0 atom stereocenters. The van der Waals surface area contributed by atoms with Crippen molar-refractivity contribution in [3.63, 3.8) is 0 Å². The fourth-order valence-electron chi connectivity index (χ4n) is 3.11. The lowest BCUT2D eigenvalue weighted by Crippen LogP contribution is -2.38. The lowest BCUT2D eigenvalue weighted by Gasteiger charge is -2.12. The van der Waals surface area contributed by atoms with Crippen molar-refractivity contribution in [1.29, 1.82) is 0 Å². The molecule has 2 N–H and O–H groups in total. The minimum absolute atomic E-state index is 0.157. The summed E-state index contributed by atoms with van der Waals surface area (Å²) in [6.45, 7) is 1.56. The standard InChI is InChI=1S/C23H19N3O3S/c1-15-6-5-9-17(12-15)24-21(27)14-26-22(28)19(25-23(26)29)13-18-10-11-20(30-18)16-7-3-2-4-8-16/h2-13H,14H2,1H3,(H,24,27)(H,25,29)/b19-13-. The molecule has 7 heteroatoms. The molecular formula is C23H19N3O3S. The molecule has 2 aromatic carbocycles. The Hall–Kier alpha value is -3.71. The topological polar surface area (TPSA) is 78.5 Å². The van der Waals surface area contributed by atoms with Crippen molar-refractivity contribution in [3.05, 3.63) is 82.9 Å². The first-order chi connectivity index (χ1) is 14.5. The molecule has 1 aliphatic rings. The van der Waals surface area contributed by atoms with Crippen LogP contribution in [0.15, 0.2) is 72.4 Å². The highest BCUT2D eigenvalue weighted by Crippen LogP contribution is 2.29. The number of thiophene rings is 1. The Morgan fingerprint density at radius 3 is 2.63 bits per heavy atom. The SMILES string of the molecule is Cc1cccc(NC(=O)CN2C(=O)N/C(=C\c3ccc(-c4ccccc4)s3)C2=O)c1. The summed E-state index contributed by atoms with van der Waals surface area (Å²) in [7, 11) is 0. The predicted octanol–water partition coefficient (Wildman–Crippen LogP) is 4.25. The normalized spacial score (nSPS) is 14.8. The fraction of sp³-hybridized carbons (Fsp3) is 0.0870. The highest BCUT2D eigenvalue weighted by molar-refractivity contribution is 7.16. The first-order valence-electron chi connectivity index (χ1n) is 9.36. The van der Waals surface area contributed by atoms with Gasteiger partial charge in [0.1, 0.15) is 12.2 Å². The van der Waals surface area contributed by atoms with Crippen molar-refractivity contribution in [3.8, 4) is 10.4 Å². The third-order valence-electron chi connectivity index (χ3n) is 4.54. The number of carbonyl (C=O) groups excluding carboxylic acids is 3. The van der Waals surface area contributed by atoms with Crippen LogP contribution in [0.3, 0.4) is 0 Å². The van der Waals surface area contributed by atoms with Crippen LogP contribution in [0.2, 0.25) is 0 Å². The second-order valence-corrected chi connectivity index (χ2v) is 7.98. The molecule has 0 radical (unpaired) electrons. The van der Waals surface area contributed by atoms with E-state index in [9.17, 15) is 14.4 Å². The van der Waals surface area contributed by atoms with Gasteiger partial charge in [0, 0.05) is 15.4 Å². The molecule has 0 spiro atoms. The lowest BCUT2D eigenvalue weighted by atomic mass is 10.2. The van der Waals surface area contributed by atoms with Crippen molar-refractivity contribution >= 4 is 40.9 Å². The van der Waals surface area contributed by atoms with Gasteiger partial charge < -0.3 is 10.6 Å². The number of nitrogens with zero attached hydrogens (tertiary/aromatic N) is 1. The predicted molar refractivity (Wildman–Crippen MR) is 118 cm³/mol. The number of urea groups is 1. The van der Waals surface area contributed by atoms with E-state index in [1.807, 2.05) is 67.6 Å². The van der Waals surface area contributed by atoms with Gasteiger partial charge in [-0.25, -0.2) is 9.69 Å². The number of anilines is 1. The second-order valence-electron chi connectivity index (χ2n) is 6.87. The summed E-state index contributed by atoms with van der Waals surface area (Å²) in [5.74, 6) is -0.957. The maximum absolute atomic E-state index is 12.6. The monoisotopic (exact) mass is 417 g/mol. The van der Waals surface area contributed by atoms with Gasteiger partial charge in [0.05, 0.1) is 0 Å². The Morgan fingerprint density at radius 1 is 1.07 bits per heavy atom. The molecule has 4 rings (SSSR count). The van der Waals surface area contributed by atoms with E-state index >= 15 is 0 Å². The Balaban J connectivity index is 1.45. The van der Waals surface area contributed by atoms with E-state index < -0.39 is 17.8 Å². The van der Waals surface area contributed by atoms with E-state index in [2.05, 4.69) is 10.6 Å². The van der Waals surface area contributed by atoms with Crippen LogP contribution in [-0.4, -0.2) is 29.3 Å². The molecule has 4 amide bonds. The zero-order valence-corrected chi connectivity index (χ0v) is 17.0. The van der Waals surface area contributed by atoms with Gasteiger partial charge in [0.25, 0.3) is 5.91 Å². The van der Waals surface area contributed by atoms with E-state index in [0.29, 0.717) is 5.69 Å². The van der Waals surface area contributed by atoms with Crippen LogP contribution in [0.25, 0.3) is 16.5 Å². The minimum atomic E-state index is -0.606. The molecule has 3 aromatic rings. The smallest absolute Gasteiger partial charge is 0.325 e. The van der Waals surface area contributed by atoms with Crippen LogP contribution in [0, 0.1) is 6.92 Å². The van der Waals surface area contributed by atoms with Crippen LogP contribution < -0.4 is 10.6 Å². The summed E-state index contributed by atoms with van der Waals surface area (Å²) in [4.78, 5) is 40.0. The first-order valence-corrected chi connectivity index (χ1v) is 10.2. The van der Waals surface area contributed by atoms with Gasteiger partial charge in [-0.3, -0.25) is 9.59 Å². The molecule has 1 saturated heterocycles. The third kappa shape index (κ3) is 4.31. The van der Waals surface area contributed by atoms with Gasteiger partial charge >= 0.3 is 6.03 Å². The summed E-state index contributed by atoms with van der Waals surface area (Å²) in [6, 6.07) is 20.5. The van der Waals surface area contributed by atoms with Crippen molar-refractivity contribution in [2.24, 2.45) is 0 Å². The maximum Gasteiger partial charge on any atom is 0.329 e. The van der Waals surface area contributed by atoms with Gasteiger partial charge in [-0.1, -0.05) is 42.5 Å². The fourth-order valence-corrected chi connectivity index (χ4v) is 4.07. The number of nitrogens with one attached hydrogen (secondary N) is 2. The number of imide groups is 1. The molecule has 30 heavy (non-hydrogen) atoms.